The fourth-order valence-corrected chi connectivity index (χ4v) is 3.50. The van der Waals surface area contributed by atoms with Gasteiger partial charge in [0.2, 0.25) is 5.91 Å². The number of halogens is 2. The summed E-state index contributed by atoms with van der Waals surface area (Å²) in [6, 6.07) is 10.7. The van der Waals surface area contributed by atoms with Gasteiger partial charge in [0.25, 0.3) is 0 Å². The smallest absolute Gasteiger partial charge is 0.319 e. The zero-order chi connectivity index (χ0) is 18.0. The number of anilines is 2. The molecule has 0 atom stereocenters. The van der Waals surface area contributed by atoms with E-state index in [1.807, 2.05) is 24.3 Å². The second-order valence-electron chi connectivity index (χ2n) is 5.82. The lowest BCUT2D eigenvalue weighted by Crippen LogP contribution is -2.30. The van der Waals surface area contributed by atoms with Crippen LogP contribution in [-0.2, 0) is 17.8 Å². The first-order valence-electron chi connectivity index (χ1n) is 7.84. The van der Waals surface area contributed by atoms with Gasteiger partial charge in [-0.25, -0.2) is 4.79 Å². The molecule has 2 aromatic carbocycles. The monoisotopic (exact) mass is 421 g/mol. The summed E-state index contributed by atoms with van der Waals surface area (Å²) < 4.78 is 0.865. The Kier molecular flexibility index (Phi) is 5.30. The van der Waals surface area contributed by atoms with E-state index in [4.69, 9.17) is 11.6 Å². The van der Waals surface area contributed by atoms with Crippen molar-refractivity contribution in [2.75, 3.05) is 16.8 Å². The second-order valence-corrected chi connectivity index (χ2v) is 7.17. The van der Waals surface area contributed by atoms with E-state index in [1.165, 1.54) is 6.92 Å². The number of benzene rings is 2. The van der Waals surface area contributed by atoms with Gasteiger partial charge >= 0.3 is 6.03 Å². The van der Waals surface area contributed by atoms with E-state index in [2.05, 4.69) is 26.6 Å². The number of rotatable bonds is 3. The number of carbonyl (C=O) groups is 2. The molecule has 3 amide bonds. The quantitative estimate of drug-likeness (QED) is 0.773. The first-order valence-corrected chi connectivity index (χ1v) is 9.01. The van der Waals surface area contributed by atoms with E-state index >= 15 is 0 Å². The molecule has 130 valence electrons. The Labute approximate surface area is 159 Å². The Hall–Kier alpha value is -2.05. The second kappa shape index (κ2) is 7.45. The molecule has 1 aliphatic rings. The van der Waals surface area contributed by atoms with Crippen molar-refractivity contribution in [2.24, 2.45) is 0 Å². The van der Waals surface area contributed by atoms with Crippen molar-refractivity contribution in [1.29, 1.82) is 0 Å². The molecule has 1 aliphatic heterocycles. The summed E-state index contributed by atoms with van der Waals surface area (Å²) >= 11 is 9.31. The SMILES string of the molecule is CC(=O)N1CCc2cc(Br)cc(NC(=O)NCc3ccc(Cl)cc3)c21. The van der Waals surface area contributed by atoms with E-state index < -0.39 is 0 Å². The minimum Gasteiger partial charge on any atom is -0.334 e. The van der Waals surface area contributed by atoms with Crippen LogP contribution in [0.15, 0.2) is 40.9 Å². The molecule has 2 aromatic rings. The van der Waals surface area contributed by atoms with Gasteiger partial charge in [0.1, 0.15) is 0 Å². The molecule has 0 radical (unpaired) electrons. The number of urea groups is 1. The van der Waals surface area contributed by atoms with Crippen molar-refractivity contribution in [1.82, 2.24) is 5.32 Å². The fraction of sp³-hybridized carbons (Fsp3) is 0.222. The lowest BCUT2D eigenvalue weighted by atomic mass is 10.1. The Morgan fingerprint density at radius 2 is 1.96 bits per heavy atom. The zero-order valence-corrected chi connectivity index (χ0v) is 15.9. The minimum atomic E-state index is -0.328. The van der Waals surface area contributed by atoms with Gasteiger partial charge in [-0.3, -0.25) is 4.79 Å². The third-order valence-electron chi connectivity index (χ3n) is 4.02. The highest BCUT2D eigenvalue weighted by molar-refractivity contribution is 9.10. The average molecular weight is 423 g/mol. The Balaban J connectivity index is 1.73. The molecule has 0 bridgehead atoms. The molecule has 2 N–H and O–H groups in total. The Morgan fingerprint density at radius 1 is 1.24 bits per heavy atom. The van der Waals surface area contributed by atoms with Crippen LogP contribution in [0.25, 0.3) is 0 Å². The molecule has 0 aromatic heterocycles. The van der Waals surface area contributed by atoms with Crippen LogP contribution in [0.2, 0.25) is 5.02 Å². The minimum absolute atomic E-state index is 0.0364. The molecule has 0 saturated carbocycles. The van der Waals surface area contributed by atoms with Crippen molar-refractivity contribution in [3.63, 3.8) is 0 Å². The molecular formula is C18H17BrClN3O2. The fourth-order valence-electron chi connectivity index (χ4n) is 2.87. The van der Waals surface area contributed by atoms with E-state index in [1.54, 1.807) is 17.0 Å². The van der Waals surface area contributed by atoms with E-state index in [-0.39, 0.29) is 11.9 Å². The molecule has 5 nitrogen and oxygen atoms in total. The lowest BCUT2D eigenvalue weighted by molar-refractivity contribution is -0.116. The summed E-state index contributed by atoms with van der Waals surface area (Å²) in [5.74, 6) is -0.0364. The maximum absolute atomic E-state index is 12.3. The lowest BCUT2D eigenvalue weighted by Gasteiger charge is -2.19. The number of fused-ring (bicyclic) bond motifs is 1. The topological polar surface area (TPSA) is 61.4 Å². The summed E-state index contributed by atoms with van der Waals surface area (Å²) in [7, 11) is 0. The van der Waals surface area contributed by atoms with Crippen molar-refractivity contribution in [3.05, 3.63) is 57.0 Å². The number of nitrogens with one attached hydrogen (secondary N) is 2. The highest BCUT2D eigenvalue weighted by Crippen LogP contribution is 2.38. The first kappa shape index (κ1) is 17.8. The molecule has 3 rings (SSSR count). The van der Waals surface area contributed by atoms with Crippen molar-refractivity contribution in [2.45, 2.75) is 19.9 Å². The molecule has 0 fully saturated rings. The Bertz CT molecular complexity index is 824. The van der Waals surface area contributed by atoms with Crippen LogP contribution in [0.3, 0.4) is 0 Å². The summed E-state index contributed by atoms with van der Waals surface area (Å²) in [5, 5.41) is 6.31. The van der Waals surface area contributed by atoms with Gasteiger partial charge in [-0.05, 0) is 41.8 Å². The summed E-state index contributed by atoms with van der Waals surface area (Å²) in [6.07, 6.45) is 0.773. The van der Waals surface area contributed by atoms with Gasteiger partial charge < -0.3 is 15.5 Å². The van der Waals surface area contributed by atoms with Gasteiger partial charge in [-0.1, -0.05) is 39.7 Å². The maximum Gasteiger partial charge on any atom is 0.319 e. The highest BCUT2D eigenvalue weighted by atomic mass is 79.9. The van der Waals surface area contributed by atoms with Crippen molar-refractivity contribution >= 4 is 50.8 Å². The Morgan fingerprint density at radius 3 is 2.64 bits per heavy atom. The predicted molar refractivity (Wildman–Crippen MR) is 103 cm³/mol. The van der Waals surface area contributed by atoms with Crippen molar-refractivity contribution in [3.8, 4) is 0 Å². The normalized spacial score (nSPS) is 12.7. The number of amides is 3. The number of nitrogens with zero attached hydrogens (tertiary/aromatic N) is 1. The summed E-state index contributed by atoms with van der Waals surface area (Å²) in [6.45, 7) is 2.54. The summed E-state index contributed by atoms with van der Waals surface area (Å²) in [5.41, 5.74) is 3.38. The van der Waals surface area contributed by atoms with Gasteiger partial charge in [0, 0.05) is 29.5 Å². The number of carbonyl (C=O) groups excluding carboxylic acids is 2. The zero-order valence-electron chi connectivity index (χ0n) is 13.6. The largest absolute Gasteiger partial charge is 0.334 e. The highest BCUT2D eigenvalue weighted by Gasteiger charge is 2.26. The number of hydrogen-bond donors (Lipinski definition) is 2. The molecule has 25 heavy (non-hydrogen) atoms. The molecule has 7 heteroatoms. The van der Waals surface area contributed by atoms with Crippen LogP contribution >= 0.6 is 27.5 Å². The van der Waals surface area contributed by atoms with Gasteiger partial charge in [-0.15, -0.1) is 0 Å². The van der Waals surface area contributed by atoms with Crippen LogP contribution in [-0.4, -0.2) is 18.5 Å². The van der Waals surface area contributed by atoms with Gasteiger partial charge in [0.05, 0.1) is 11.4 Å². The van der Waals surface area contributed by atoms with Crippen molar-refractivity contribution < 1.29 is 9.59 Å². The van der Waals surface area contributed by atoms with Crippen LogP contribution in [0.5, 0.6) is 0 Å². The summed E-state index contributed by atoms with van der Waals surface area (Å²) in [4.78, 5) is 25.8. The molecule has 0 spiro atoms. The standard InChI is InChI=1S/C18H17BrClN3O2/c1-11(24)23-7-6-13-8-14(19)9-16(17(13)23)22-18(25)21-10-12-2-4-15(20)5-3-12/h2-5,8-9H,6-7,10H2,1H3,(H2,21,22,25). The molecular weight excluding hydrogens is 406 g/mol. The predicted octanol–water partition coefficient (Wildman–Crippen LogP) is 4.33. The average Bonchev–Trinajstić information content (AvgIpc) is 2.98. The van der Waals surface area contributed by atoms with E-state index in [0.717, 1.165) is 27.7 Å². The maximum atomic E-state index is 12.3. The number of hydrogen-bond acceptors (Lipinski definition) is 2. The molecule has 0 unspecified atom stereocenters. The van der Waals surface area contributed by atoms with Gasteiger partial charge in [-0.2, -0.15) is 0 Å². The van der Waals surface area contributed by atoms with Crippen LogP contribution in [0, 0.1) is 0 Å². The molecule has 0 saturated heterocycles. The van der Waals surface area contributed by atoms with E-state index in [9.17, 15) is 9.59 Å². The molecule has 1 heterocycles. The molecule has 0 aliphatic carbocycles. The van der Waals surface area contributed by atoms with Gasteiger partial charge in [0.15, 0.2) is 0 Å². The van der Waals surface area contributed by atoms with E-state index in [0.29, 0.717) is 23.8 Å². The van der Waals surface area contributed by atoms with Crippen LogP contribution < -0.4 is 15.5 Å². The van der Waals surface area contributed by atoms with Crippen LogP contribution in [0.4, 0.5) is 16.2 Å². The third-order valence-corrected chi connectivity index (χ3v) is 4.73. The first-order chi connectivity index (χ1) is 11.9. The van der Waals surface area contributed by atoms with Crippen LogP contribution in [0.1, 0.15) is 18.1 Å². The third kappa shape index (κ3) is 4.14.